The number of fused-ring (bicyclic) bond motifs is 3. The van der Waals surface area contributed by atoms with Crippen LogP contribution in [0.3, 0.4) is 0 Å². The molecular weight excluding hydrogens is 905 g/mol. The van der Waals surface area contributed by atoms with Gasteiger partial charge in [-0.3, -0.25) is 14.1 Å². The summed E-state index contributed by atoms with van der Waals surface area (Å²) in [6, 6.07) is 7.90. The molecule has 5 fully saturated rings. The molecule has 1 N–H and O–H groups in total. The highest BCUT2D eigenvalue weighted by atomic mass is 127. The van der Waals surface area contributed by atoms with Crippen molar-refractivity contribution in [2.45, 2.75) is 55.1 Å². The average Bonchev–Trinajstić information content (AvgIpc) is 3.73. The number of carbonyl (C=O) groups is 3. The molecule has 1 heterocycles. The van der Waals surface area contributed by atoms with E-state index in [0.717, 1.165) is 36.4 Å². The van der Waals surface area contributed by atoms with Gasteiger partial charge in [0.15, 0.2) is 0 Å². The van der Waals surface area contributed by atoms with Crippen molar-refractivity contribution in [1.29, 1.82) is 0 Å². The molecule has 0 radical (unpaired) electrons. The third-order valence-electron chi connectivity index (χ3n) is 9.89. The Hall–Kier alpha value is -1.05. The van der Waals surface area contributed by atoms with Gasteiger partial charge < -0.3 is 14.2 Å². The van der Waals surface area contributed by atoms with Crippen molar-refractivity contribution in [3.05, 3.63) is 52.2 Å². The lowest BCUT2D eigenvalue weighted by Gasteiger charge is -2.30. The van der Waals surface area contributed by atoms with E-state index in [1.165, 1.54) is 12.1 Å². The van der Waals surface area contributed by atoms with E-state index < -0.39 is 58.0 Å². The van der Waals surface area contributed by atoms with E-state index in [9.17, 15) is 27.4 Å². The van der Waals surface area contributed by atoms with Crippen LogP contribution in [0.2, 0.25) is 0 Å². The molecule has 9 unspecified atom stereocenters. The molecule has 0 aromatic heterocycles. The molecular formula is C29H25I3O9S. The first-order valence-corrected chi connectivity index (χ1v) is 18.5. The second kappa shape index (κ2) is 10.8. The topological polar surface area (TPSA) is 133 Å². The van der Waals surface area contributed by atoms with Gasteiger partial charge in [0.25, 0.3) is 10.1 Å². The number of ether oxygens (including phenoxy) is 3. The van der Waals surface area contributed by atoms with Gasteiger partial charge >= 0.3 is 17.9 Å². The van der Waals surface area contributed by atoms with Gasteiger partial charge in [-0.1, -0.05) is 6.42 Å². The fourth-order valence-electron chi connectivity index (χ4n) is 8.28. The number of rotatable bonds is 6. The summed E-state index contributed by atoms with van der Waals surface area (Å²) < 4.78 is 54.3. The Kier molecular flexibility index (Phi) is 7.62. The maximum absolute atomic E-state index is 13.7. The van der Waals surface area contributed by atoms with Gasteiger partial charge in [-0.05, 0) is 147 Å². The van der Waals surface area contributed by atoms with Crippen LogP contribution >= 0.6 is 67.8 Å². The van der Waals surface area contributed by atoms with Crippen molar-refractivity contribution in [2.75, 3.05) is 0 Å². The van der Waals surface area contributed by atoms with E-state index in [-0.39, 0.29) is 22.5 Å². The van der Waals surface area contributed by atoms with E-state index in [1.54, 1.807) is 12.1 Å². The smallest absolute Gasteiger partial charge is 0.339 e. The van der Waals surface area contributed by atoms with E-state index in [0.29, 0.717) is 29.4 Å². The first-order valence-electron chi connectivity index (χ1n) is 13.8. The van der Waals surface area contributed by atoms with Gasteiger partial charge in [0.2, 0.25) is 0 Å². The standard InChI is InChI=1S/C29H25I3O9S/c30-13-7-19(24(32)20(31)8-13)27(33)40-25-17-10-18-23(29(35)41-26(18)25)22(17)28(34)39-14-3-4-21(42(36,37)38)16(9-14)15-6-11-1-2-12(15)5-11/h3-4,7-9,11-12,15,17-18,22-23,25-26H,1-2,5-6,10H2,(H,36,37,38). The van der Waals surface area contributed by atoms with E-state index >= 15 is 0 Å². The summed E-state index contributed by atoms with van der Waals surface area (Å²) in [4.78, 5) is 39.7. The molecule has 0 spiro atoms. The van der Waals surface area contributed by atoms with Gasteiger partial charge in [-0.15, -0.1) is 0 Å². The normalized spacial score (nSPS) is 34.1. The Balaban J connectivity index is 1.15. The molecule has 1 aliphatic heterocycles. The number of halogens is 3. The molecule has 1 saturated heterocycles. The number of hydrogen-bond donors (Lipinski definition) is 1. The largest absolute Gasteiger partial charge is 0.458 e. The molecule has 4 aliphatic carbocycles. The zero-order valence-corrected chi connectivity index (χ0v) is 29.2. The predicted octanol–water partition coefficient (Wildman–Crippen LogP) is 5.59. The van der Waals surface area contributed by atoms with Crippen molar-refractivity contribution < 1.29 is 41.6 Å². The Morgan fingerprint density at radius 3 is 2.48 bits per heavy atom. The average molecular weight is 930 g/mol. The lowest BCUT2D eigenvalue weighted by molar-refractivity contribution is -0.149. The SMILES string of the molecule is O=C(OC1C2CC3C1OC(=O)C3C2C(=O)Oc1ccc(S(=O)(=O)O)c(C2CC3CCC2C3)c1)c1cc(I)cc(I)c1I. The molecule has 2 aromatic carbocycles. The Morgan fingerprint density at radius 2 is 1.79 bits per heavy atom. The van der Waals surface area contributed by atoms with Gasteiger partial charge in [-0.2, -0.15) is 8.42 Å². The minimum absolute atomic E-state index is 0.0388. The molecule has 2 aromatic rings. The second-order valence-corrected chi connectivity index (χ2v) is 16.9. The van der Waals surface area contributed by atoms with Crippen LogP contribution in [0.5, 0.6) is 5.75 Å². The maximum Gasteiger partial charge on any atom is 0.339 e. The number of carbonyl (C=O) groups excluding carboxylic acids is 3. The summed E-state index contributed by atoms with van der Waals surface area (Å²) in [5, 5.41) is 0. The minimum atomic E-state index is -4.47. The molecule has 9 atom stereocenters. The zero-order chi connectivity index (χ0) is 29.7. The monoisotopic (exact) mass is 930 g/mol. The molecule has 0 amide bonds. The highest BCUT2D eigenvalue weighted by Gasteiger charge is 2.70. The summed E-state index contributed by atoms with van der Waals surface area (Å²) in [6.07, 6.45) is 3.10. The van der Waals surface area contributed by atoms with Gasteiger partial charge in [-0.25, -0.2) is 4.79 Å². The summed E-state index contributed by atoms with van der Waals surface area (Å²) in [5.74, 6) is -2.92. The highest BCUT2D eigenvalue weighted by molar-refractivity contribution is 14.1. The summed E-state index contributed by atoms with van der Waals surface area (Å²) in [7, 11) is -4.47. The molecule has 222 valence electrons. The highest BCUT2D eigenvalue weighted by Crippen LogP contribution is 2.59. The molecule has 42 heavy (non-hydrogen) atoms. The molecule has 7 rings (SSSR count). The zero-order valence-electron chi connectivity index (χ0n) is 21.9. The summed E-state index contributed by atoms with van der Waals surface area (Å²) >= 11 is 6.41. The van der Waals surface area contributed by atoms with Crippen LogP contribution in [0.4, 0.5) is 0 Å². The fraction of sp³-hybridized carbons (Fsp3) is 0.483. The number of benzene rings is 2. The van der Waals surface area contributed by atoms with Crippen molar-refractivity contribution in [3.63, 3.8) is 0 Å². The fourth-order valence-corrected chi connectivity index (χ4v) is 11.4. The number of hydrogen-bond acceptors (Lipinski definition) is 8. The molecule has 13 heteroatoms. The van der Waals surface area contributed by atoms with E-state index in [1.807, 2.05) is 6.07 Å². The second-order valence-electron chi connectivity index (χ2n) is 12.0. The van der Waals surface area contributed by atoms with Crippen molar-refractivity contribution in [3.8, 4) is 5.75 Å². The first-order chi connectivity index (χ1) is 19.9. The van der Waals surface area contributed by atoms with Gasteiger partial charge in [0.05, 0.1) is 22.3 Å². The molecule has 4 bridgehead atoms. The van der Waals surface area contributed by atoms with E-state index in [2.05, 4.69) is 67.8 Å². The molecule has 9 nitrogen and oxygen atoms in total. The number of esters is 3. The van der Waals surface area contributed by atoms with Gasteiger partial charge in [0, 0.05) is 22.5 Å². The minimum Gasteiger partial charge on any atom is -0.458 e. The lowest BCUT2D eigenvalue weighted by Crippen LogP contribution is -2.44. The van der Waals surface area contributed by atoms with Crippen molar-refractivity contribution in [2.24, 2.45) is 35.5 Å². The van der Waals surface area contributed by atoms with E-state index in [4.69, 9.17) is 14.2 Å². The van der Waals surface area contributed by atoms with Crippen molar-refractivity contribution >= 4 is 95.8 Å². The molecule has 5 aliphatic rings. The third-order valence-corrected chi connectivity index (χ3v) is 14.5. The Morgan fingerprint density at radius 1 is 1.00 bits per heavy atom. The van der Waals surface area contributed by atoms with Gasteiger partial charge in [0.1, 0.15) is 18.0 Å². The summed E-state index contributed by atoms with van der Waals surface area (Å²) in [5.41, 5.74) is 0.888. The molecule has 4 saturated carbocycles. The van der Waals surface area contributed by atoms with Crippen LogP contribution in [0.25, 0.3) is 0 Å². The van der Waals surface area contributed by atoms with Crippen LogP contribution in [0.15, 0.2) is 35.2 Å². The quantitative estimate of drug-likeness (QED) is 0.130. The van der Waals surface area contributed by atoms with Crippen LogP contribution in [-0.2, 0) is 29.2 Å². The predicted molar refractivity (Wildman–Crippen MR) is 172 cm³/mol. The first kappa shape index (κ1) is 29.6. The Bertz CT molecular complexity index is 1640. The lowest BCUT2D eigenvalue weighted by atomic mass is 9.78. The van der Waals surface area contributed by atoms with Crippen LogP contribution in [0, 0.1) is 46.2 Å². The van der Waals surface area contributed by atoms with Crippen LogP contribution in [-0.4, -0.2) is 43.1 Å². The van der Waals surface area contributed by atoms with Crippen LogP contribution in [0.1, 0.15) is 53.9 Å². The van der Waals surface area contributed by atoms with Crippen LogP contribution < -0.4 is 4.74 Å². The van der Waals surface area contributed by atoms with Crippen molar-refractivity contribution in [1.82, 2.24) is 0 Å². The third kappa shape index (κ3) is 4.90. The maximum atomic E-state index is 13.7. The Labute approximate surface area is 283 Å². The summed E-state index contributed by atoms with van der Waals surface area (Å²) in [6.45, 7) is 0.